The molecule has 3 heterocycles. The second-order valence-corrected chi connectivity index (χ2v) is 7.30. The Morgan fingerprint density at radius 2 is 2.15 bits per heavy atom. The summed E-state index contributed by atoms with van der Waals surface area (Å²) in [6.45, 7) is 0.673. The fourth-order valence-corrected chi connectivity index (χ4v) is 4.46. The second-order valence-electron chi connectivity index (χ2n) is 6.20. The summed E-state index contributed by atoms with van der Waals surface area (Å²) in [5.74, 6) is -0.846. The third-order valence-electron chi connectivity index (χ3n) is 4.47. The molecule has 146 valence electrons. The standard InChI is InChI=1S/C16H21N5O5S/c17-12-14(24)21-13(16(25)26)10(9-27-15(12)21)7-19-2-1-18-11(8-19)20(3-5-22)4-6-23/h1-2,8,12,15,22-23H,3-7,9,17H2/t12?,15-/m0/s1. The lowest BCUT2D eigenvalue weighted by Crippen LogP contribution is -2.69. The minimum Gasteiger partial charge on any atom is -0.543 e. The van der Waals surface area contributed by atoms with Crippen LogP contribution in [0.3, 0.4) is 0 Å². The van der Waals surface area contributed by atoms with E-state index < -0.39 is 17.9 Å². The van der Waals surface area contributed by atoms with Gasteiger partial charge in [0.05, 0.1) is 31.1 Å². The third-order valence-corrected chi connectivity index (χ3v) is 5.83. The number of aliphatic hydroxyl groups excluding tert-OH is 2. The van der Waals surface area contributed by atoms with Crippen molar-refractivity contribution in [2.45, 2.75) is 18.0 Å². The number of thioether (sulfide) groups is 1. The number of hydrogen-bond acceptors (Lipinski definition) is 9. The molecule has 27 heavy (non-hydrogen) atoms. The predicted molar refractivity (Wildman–Crippen MR) is 93.9 cm³/mol. The molecule has 0 bridgehead atoms. The molecule has 2 atom stereocenters. The van der Waals surface area contributed by atoms with Gasteiger partial charge < -0.3 is 30.7 Å². The predicted octanol–water partition coefficient (Wildman–Crippen LogP) is -3.59. The third kappa shape index (κ3) is 3.76. The Balaban J connectivity index is 1.86. The number of aromatic nitrogens is 2. The van der Waals surface area contributed by atoms with Gasteiger partial charge in [-0.1, -0.05) is 0 Å². The zero-order chi connectivity index (χ0) is 19.6. The van der Waals surface area contributed by atoms with Crippen LogP contribution in [0.5, 0.6) is 0 Å². The van der Waals surface area contributed by atoms with E-state index in [0.29, 0.717) is 30.2 Å². The van der Waals surface area contributed by atoms with Gasteiger partial charge in [0, 0.05) is 24.4 Å². The molecule has 1 fully saturated rings. The van der Waals surface area contributed by atoms with Crippen molar-refractivity contribution in [1.82, 2.24) is 9.88 Å². The Bertz CT molecular complexity index is 767. The van der Waals surface area contributed by atoms with Crippen molar-refractivity contribution in [3.8, 4) is 0 Å². The number of anilines is 1. The molecule has 2 aliphatic heterocycles. The maximum Gasteiger partial charge on any atom is 0.248 e. The highest BCUT2D eigenvalue weighted by molar-refractivity contribution is 8.00. The Morgan fingerprint density at radius 1 is 1.44 bits per heavy atom. The van der Waals surface area contributed by atoms with Crippen LogP contribution in [0.1, 0.15) is 0 Å². The van der Waals surface area contributed by atoms with Crippen molar-refractivity contribution in [3.63, 3.8) is 0 Å². The Kier molecular flexibility index (Phi) is 5.95. The Morgan fingerprint density at radius 3 is 2.78 bits per heavy atom. The first-order valence-corrected chi connectivity index (χ1v) is 9.48. The van der Waals surface area contributed by atoms with Crippen molar-refractivity contribution in [3.05, 3.63) is 29.9 Å². The van der Waals surface area contributed by atoms with Crippen LogP contribution in [0.4, 0.5) is 5.82 Å². The fraction of sp³-hybridized carbons (Fsp3) is 0.500. The molecule has 11 heteroatoms. The van der Waals surface area contributed by atoms with Crippen LogP contribution in [-0.4, -0.2) is 75.4 Å². The molecule has 4 N–H and O–H groups in total. The van der Waals surface area contributed by atoms with E-state index in [1.165, 1.54) is 16.7 Å². The van der Waals surface area contributed by atoms with Gasteiger partial charge in [0.2, 0.25) is 12.1 Å². The van der Waals surface area contributed by atoms with Crippen LogP contribution in [-0.2, 0) is 16.1 Å². The number of rotatable bonds is 8. The van der Waals surface area contributed by atoms with Crippen LogP contribution < -0.4 is 20.3 Å². The quantitative estimate of drug-likeness (QED) is 0.300. The minimum absolute atomic E-state index is 0.0914. The zero-order valence-electron chi connectivity index (χ0n) is 14.5. The number of aliphatic carboxylic acids is 1. The molecule has 3 rings (SSSR count). The molecule has 1 amide bonds. The van der Waals surface area contributed by atoms with E-state index in [-0.39, 0.29) is 30.8 Å². The van der Waals surface area contributed by atoms with Crippen molar-refractivity contribution in [2.24, 2.45) is 5.73 Å². The molecule has 10 nitrogen and oxygen atoms in total. The van der Waals surface area contributed by atoms with E-state index in [0.717, 1.165) is 0 Å². The first-order valence-electron chi connectivity index (χ1n) is 8.43. The summed E-state index contributed by atoms with van der Waals surface area (Å²) in [6.07, 6.45) is 4.94. The van der Waals surface area contributed by atoms with Gasteiger partial charge in [-0.2, -0.15) is 4.57 Å². The van der Waals surface area contributed by atoms with E-state index in [2.05, 4.69) is 4.98 Å². The molecule has 0 aliphatic carbocycles. The highest BCUT2D eigenvalue weighted by atomic mass is 32.2. The van der Waals surface area contributed by atoms with Crippen LogP contribution in [0.25, 0.3) is 0 Å². The fourth-order valence-electron chi connectivity index (χ4n) is 3.17. The molecule has 0 saturated carbocycles. The number of carbonyl (C=O) groups excluding carboxylic acids is 2. The number of aliphatic hydroxyl groups is 2. The number of nitrogens with zero attached hydrogens (tertiary/aromatic N) is 4. The molecule has 1 saturated heterocycles. The number of carbonyl (C=O) groups is 2. The van der Waals surface area contributed by atoms with E-state index in [1.807, 2.05) is 0 Å². The highest BCUT2D eigenvalue weighted by Crippen LogP contribution is 2.39. The van der Waals surface area contributed by atoms with Gasteiger partial charge in [-0.3, -0.25) is 9.69 Å². The van der Waals surface area contributed by atoms with E-state index in [9.17, 15) is 14.7 Å². The van der Waals surface area contributed by atoms with Crippen molar-refractivity contribution < 1.29 is 29.5 Å². The summed E-state index contributed by atoms with van der Waals surface area (Å²) >= 11 is 1.43. The van der Waals surface area contributed by atoms with E-state index in [4.69, 9.17) is 15.9 Å². The second kappa shape index (κ2) is 8.21. The van der Waals surface area contributed by atoms with Crippen LogP contribution >= 0.6 is 11.8 Å². The molecule has 0 spiro atoms. The molecular formula is C16H21N5O5S. The van der Waals surface area contributed by atoms with E-state index >= 15 is 0 Å². The summed E-state index contributed by atoms with van der Waals surface area (Å²) in [4.78, 5) is 30.8. The zero-order valence-corrected chi connectivity index (χ0v) is 15.3. The number of hydrogen-bond donors (Lipinski definition) is 3. The SMILES string of the molecule is NC1C(=O)N2C(C(=O)[O-])=C(C[n+]3ccnc(N(CCO)CCO)c3)CS[C@@H]12. The minimum atomic E-state index is -1.40. The number of nitrogens with two attached hydrogens (primary N) is 1. The molecule has 0 radical (unpaired) electrons. The molecule has 0 aromatic carbocycles. The molecule has 2 aliphatic rings. The number of β-lactam (4-membered cyclic amide) rings is 1. The van der Waals surface area contributed by atoms with E-state index in [1.54, 1.807) is 28.1 Å². The number of amides is 1. The normalized spacial score (nSPS) is 21.7. The summed E-state index contributed by atoms with van der Waals surface area (Å²) in [5.41, 5.74) is 6.18. The van der Waals surface area contributed by atoms with Crippen LogP contribution in [0.2, 0.25) is 0 Å². The largest absolute Gasteiger partial charge is 0.543 e. The van der Waals surface area contributed by atoms with Gasteiger partial charge in [-0.15, -0.1) is 11.8 Å². The number of carboxylic acid groups (broad SMARTS) is 1. The van der Waals surface area contributed by atoms with Crippen LogP contribution in [0.15, 0.2) is 29.9 Å². The summed E-state index contributed by atoms with van der Waals surface area (Å²) < 4.78 is 1.74. The molecule has 1 unspecified atom stereocenters. The van der Waals surface area contributed by atoms with Crippen molar-refractivity contribution in [2.75, 3.05) is 37.0 Å². The Labute approximate surface area is 159 Å². The molecular weight excluding hydrogens is 374 g/mol. The van der Waals surface area contributed by atoms with Crippen molar-refractivity contribution in [1.29, 1.82) is 0 Å². The van der Waals surface area contributed by atoms with Crippen molar-refractivity contribution >= 4 is 29.5 Å². The summed E-state index contributed by atoms with van der Waals surface area (Å²) in [7, 11) is 0. The molecule has 1 aromatic rings. The lowest BCUT2D eigenvalue weighted by Gasteiger charge is -2.49. The smallest absolute Gasteiger partial charge is 0.248 e. The van der Waals surface area contributed by atoms with Crippen LogP contribution in [0, 0.1) is 0 Å². The first kappa shape index (κ1) is 19.5. The number of carboxylic acids is 1. The summed E-state index contributed by atoms with van der Waals surface area (Å²) in [6, 6.07) is -0.684. The number of fused-ring (bicyclic) bond motifs is 1. The lowest BCUT2D eigenvalue weighted by atomic mass is 10.0. The topological polar surface area (TPSA) is 147 Å². The van der Waals surface area contributed by atoms with Gasteiger partial charge in [-0.25, -0.2) is 4.98 Å². The van der Waals surface area contributed by atoms with Gasteiger partial charge >= 0.3 is 0 Å². The molecule has 1 aromatic heterocycles. The monoisotopic (exact) mass is 395 g/mol. The lowest BCUT2D eigenvalue weighted by molar-refractivity contribution is -0.688. The average Bonchev–Trinajstić information content (AvgIpc) is 2.66. The average molecular weight is 395 g/mol. The highest BCUT2D eigenvalue weighted by Gasteiger charge is 2.50. The van der Waals surface area contributed by atoms with Gasteiger partial charge in [-0.05, 0) is 0 Å². The van der Waals surface area contributed by atoms with Gasteiger partial charge in [0.25, 0.3) is 0 Å². The first-order chi connectivity index (χ1) is 13.0. The van der Waals surface area contributed by atoms with Gasteiger partial charge in [0.15, 0.2) is 18.6 Å². The maximum absolute atomic E-state index is 12.0. The maximum atomic E-state index is 12.0. The Hall–Kier alpha value is -2.21. The summed E-state index contributed by atoms with van der Waals surface area (Å²) in [5, 5.41) is 29.6. The van der Waals surface area contributed by atoms with Gasteiger partial charge in [0.1, 0.15) is 11.4 Å².